The van der Waals surface area contributed by atoms with Gasteiger partial charge in [-0.15, -0.1) is 0 Å². The number of nitrogens with zero attached hydrogens (tertiary/aromatic N) is 2. The molecule has 2 aromatic carbocycles. The summed E-state index contributed by atoms with van der Waals surface area (Å²) in [6, 6.07) is 18.8. The third kappa shape index (κ3) is 2.28. The van der Waals surface area contributed by atoms with Gasteiger partial charge in [-0.05, 0) is 0 Å². The minimum absolute atomic E-state index is 0.205. The van der Waals surface area contributed by atoms with Gasteiger partial charge in [0.1, 0.15) is 0 Å². The third-order valence-electron chi connectivity index (χ3n) is 2.74. The quantitative estimate of drug-likeness (QED) is 0.679. The van der Waals surface area contributed by atoms with Crippen LogP contribution >= 0.6 is 0 Å². The molecule has 18 heavy (non-hydrogen) atoms. The molecule has 0 aliphatic rings. The summed E-state index contributed by atoms with van der Waals surface area (Å²) >= 11 is 0.205. The Labute approximate surface area is 112 Å². The molecule has 0 fully saturated rings. The Morgan fingerprint density at radius 2 is 1.28 bits per heavy atom. The summed E-state index contributed by atoms with van der Waals surface area (Å²) in [5.74, 6) is 0. The summed E-state index contributed by atoms with van der Waals surface area (Å²) in [5.41, 5.74) is 3.65. The molecule has 0 aliphatic carbocycles. The zero-order valence-electron chi connectivity index (χ0n) is 10.00. The maximum absolute atomic E-state index is 4.33. The molecule has 3 aromatic rings. The predicted octanol–water partition coefficient (Wildman–Crippen LogP) is 3.18. The molecule has 0 amide bonds. The SMILES string of the molecule is Cc1ccc(-c2nnc(-c3ccccc3)[se]2)cc1. The first-order valence-electron chi connectivity index (χ1n) is 5.79. The summed E-state index contributed by atoms with van der Waals surface area (Å²) in [6.45, 7) is 2.09. The van der Waals surface area contributed by atoms with Crippen LogP contribution in [-0.2, 0) is 0 Å². The Kier molecular flexibility index (Phi) is 3.09. The van der Waals surface area contributed by atoms with Crippen LogP contribution in [0.4, 0.5) is 0 Å². The standard InChI is InChI=1S/C15H12N2Se/c1-11-7-9-13(10-8-11)15-17-16-14(18-15)12-5-3-2-4-6-12/h2-10H,1H3. The normalized spacial score (nSPS) is 10.5. The monoisotopic (exact) mass is 300 g/mol. The van der Waals surface area contributed by atoms with Crippen molar-refractivity contribution in [2.45, 2.75) is 6.92 Å². The van der Waals surface area contributed by atoms with Crippen LogP contribution in [0.25, 0.3) is 20.3 Å². The van der Waals surface area contributed by atoms with Gasteiger partial charge in [0.25, 0.3) is 0 Å². The molecule has 0 aliphatic heterocycles. The second-order valence-corrected chi connectivity index (χ2v) is 6.20. The topological polar surface area (TPSA) is 25.8 Å². The van der Waals surface area contributed by atoms with Crippen molar-refractivity contribution in [3.8, 4) is 20.3 Å². The fourth-order valence-corrected chi connectivity index (χ4v) is 3.53. The van der Waals surface area contributed by atoms with Crippen LogP contribution in [0.1, 0.15) is 5.56 Å². The predicted molar refractivity (Wildman–Crippen MR) is 74.6 cm³/mol. The van der Waals surface area contributed by atoms with Crippen molar-refractivity contribution in [3.05, 3.63) is 60.2 Å². The molecule has 88 valence electrons. The Hall–Kier alpha value is -1.70. The van der Waals surface area contributed by atoms with E-state index in [0.717, 1.165) is 9.14 Å². The molecule has 0 radical (unpaired) electrons. The fourth-order valence-electron chi connectivity index (χ4n) is 1.73. The molecule has 1 heterocycles. The van der Waals surface area contributed by atoms with E-state index < -0.39 is 0 Å². The number of aromatic nitrogens is 2. The molecule has 0 spiro atoms. The summed E-state index contributed by atoms with van der Waals surface area (Å²) in [4.78, 5) is 0. The van der Waals surface area contributed by atoms with Crippen LogP contribution in [0.2, 0.25) is 0 Å². The van der Waals surface area contributed by atoms with E-state index >= 15 is 0 Å². The van der Waals surface area contributed by atoms with E-state index in [1.54, 1.807) is 0 Å². The Balaban J connectivity index is 1.97. The van der Waals surface area contributed by atoms with Crippen LogP contribution < -0.4 is 0 Å². The van der Waals surface area contributed by atoms with E-state index in [1.165, 1.54) is 16.7 Å². The van der Waals surface area contributed by atoms with Gasteiger partial charge in [0.2, 0.25) is 0 Å². The van der Waals surface area contributed by atoms with Crippen molar-refractivity contribution in [2.75, 3.05) is 0 Å². The first-order valence-corrected chi connectivity index (χ1v) is 7.50. The number of rotatable bonds is 2. The second-order valence-electron chi connectivity index (χ2n) is 4.14. The van der Waals surface area contributed by atoms with E-state index in [2.05, 4.69) is 53.5 Å². The second kappa shape index (κ2) is 4.89. The molecule has 3 heteroatoms. The molecule has 1 aromatic heterocycles. The van der Waals surface area contributed by atoms with Crippen molar-refractivity contribution < 1.29 is 0 Å². The number of aryl methyl sites for hydroxylation is 1. The van der Waals surface area contributed by atoms with Gasteiger partial charge in [-0.3, -0.25) is 0 Å². The first-order chi connectivity index (χ1) is 8.83. The number of hydrogen-bond donors (Lipinski definition) is 0. The van der Waals surface area contributed by atoms with Crippen molar-refractivity contribution >= 4 is 14.5 Å². The molecule has 0 atom stereocenters. The Bertz CT molecular complexity index is 642. The molecular formula is C15H12N2Se. The maximum atomic E-state index is 4.33. The Morgan fingerprint density at radius 1 is 0.722 bits per heavy atom. The van der Waals surface area contributed by atoms with Crippen LogP contribution in [0.3, 0.4) is 0 Å². The summed E-state index contributed by atoms with van der Waals surface area (Å²) in [6.07, 6.45) is 0. The molecule has 0 N–H and O–H groups in total. The van der Waals surface area contributed by atoms with Crippen LogP contribution in [-0.4, -0.2) is 24.7 Å². The molecule has 3 rings (SSSR count). The molecule has 2 nitrogen and oxygen atoms in total. The van der Waals surface area contributed by atoms with Gasteiger partial charge in [0.05, 0.1) is 0 Å². The van der Waals surface area contributed by atoms with Gasteiger partial charge in [-0.25, -0.2) is 0 Å². The minimum atomic E-state index is 0.205. The van der Waals surface area contributed by atoms with Gasteiger partial charge in [0.15, 0.2) is 0 Å². The average molecular weight is 299 g/mol. The van der Waals surface area contributed by atoms with E-state index in [1.807, 2.05) is 18.2 Å². The van der Waals surface area contributed by atoms with Crippen LogP contribution in [0.15, 0.2) is 54.6 Å². The molecule has 0 bridgehead atoms. The van der Waals surface area contributed by atoms with Gasteiger partial charge < -0.3 is 0 Å². The fraction of sp³-hybridized carbons (Fsp3) is 0.0667. The van der Waals surface area contributed by atoms with E-state index in [9.17, 15) is 0 Å². The first kappa shape index (κ1) is 11.4. The van der Waals surface area contributed by atoms with Crippen molar-refractivity contribution in [1.82, 2.24) is 10.2 Å². The van der Waals surface area contributed by atoms with Crippen LogP contribution in [0.5, 0.6) is 0 Å². The molecule has 0 saturated heterocycles. The van der Waals surface area contributed by atoms with E-state index in [0.29, 0.717) is 0 Å². The van der Waals surface area contributed by atoms with Crippen molar-refractivity contribution in [3.63, 3.8) is 0 Å². The summed E-state index contributed by atoms with van der Waals surface area (Å²) in [7, 11) is 0. The third-order valence-corrected chi connectivity index (χ3v) is 4.89. The Morgan fingerprint density at radius 3 is 1.89 bits per heavy atom. The van der Waals surface area contributed by atoms with Crippen LogP contribution in [0, 0.1) is 6.92 Å². The number of hydrogen-bond acceptors (Lipinski definition) is 2. The van der Waals surface area contributed by atoms with E-state index in [-0.39, 0.29) is 14.5 Å². The average Bonchev–Trinajstić information content (AvgIpc) is 2.90. The summed E-state index contributed by atoms with van der Waals surface area (Å²) in [5, 5.41) is 8.64. The van der Waals surface area contributed by atoms with Crippen molar-refractivity contribution in [2.24, 2.45) is 0 Å². The van der Waals surface area contributed by atoms with Gasteiger partial charge in [-0.1, -0.05) is 0 Å². The van der Waals surface area contributed by atoms with Gasteiger partial charge in [-0.2, -0.15) is 0 Å². The molecular weight excluding hydrogens is 287 g/mol. The van der Waals surface area contributed by atoms with Gasteiger partial charge in [0, 0.05) is 0 Å². The zero-order valence-corrected chi connectivity index (χ0v) is 11.7. The summed E-state index contributed by atoms with van der Waals surface area (Å²) < 4.78 is 2.22. The zero-order chi connectivity index (χ0) is 12.4. The molecule has 0 saturated carbocycles. The molecule has 0 unspecified atom stereocenters. The van der Waals surface area contributed by atoms with E-state index in [4.69, 9.17) is 0 Å². The van der Waals surface area contributed by atoms with Crippen molar-refractivity contribution in [1.29, 1.82) is 0 Å². The number of benzene rings is 2. The van der Waals surface area contributed by atoms with Gasteiger partial charge >= 0.3 is 112 Å².